The number of hydrogen-bond donors (Lipinski definition) is 1. The zero-order valence-corrected chi connectivity index (χ0v) is 10.1. The first kappa shape index (κ1) is 12.0. The van der Waals surface area contributed by atoms with Crippen molar-refractivity contribution in [3.05, 3.63) is 41.2 Å². The summed E-state index contributed by atoms with van der Waals surface area (Å²) in [6.07, 6.45) is 0. The van der Waals surface area contributed by atoms with Crippen molar-refractivity contribution >= 4 is 5.69 Å². The molecule has 0 fully saturated rings. The van der Waals surface area contributed by atoms with Gasteiger partial charge in [0.2, 0.25) is 0 Å². The lowest BCUT2D eigenvalue weighted by Gasteiger charge is -2.07. The Hall–Kier alpha value is -2.42. The third-order valence-electron chi connectivity index (χ3n) is 2.72. The van der Waals surface area contributed by atoms with Crippen LogP contribution >= 0.6 is 0 Å². The van der Waals surface area contributed by atoms with Crippen molar-refractivity contribution in [3.8, 4) is 6.07 Å². The molecule has 6 heteroatoms. The highest BCUT2D eigenvalue weighted by Crippen LogP contribution is 2.16. The lowest BCUT2D eigenvalue weighted by Crippen LogP contribution is -2.07. The summed E-state index contributed by atoms with van der Waals surface area (Å²) in [5.41, 5.74) is 0.641. The van der Waals surface area contributed by atoms with Crippen LogP contribution in [-0.4, -0.2) is 14.8 Å². The van der Waals surface area contributed by atoms with E-state index in [1.54, 1.807) is 6.07 Å². The van der Waals surface area contributed by atoms with E-state index in [-0.39, 0.29) is 0 Å². The molecule has 92 valence electrons. The number of anilines is 1. The molecule has 1 N–H and O–H groups in total. The predicted molar refractivity (Wildman–Crippen MR) is 64.2 cm³/mol. The van der Waals surface area contributed by atoms with Gasteiger partial charge in [0.05, 0.1) is 23.9 Å². The molecule has 0 bridgehead atoms. The number of nitrogens with one attached hydrogen (secondary N) is 1. The Morgan fingerprint density at radius 1 is 1.44 bits per heavy atom. The zero-order valence-electron chi connectivity index (χ0n) is 10.1. The van der Waals surface area contributed by atoms with Crippen LogP contribution in [-0.2, 0) is 13.6 Å². The Labute approximate surface area is 104 Å². The molecule has 0 saturated carbocycles. The van der Waals surface area contributed by atoms with Gasteiger partial charge >= 0.3 is 0 Å². The molecule has 2 aromatic rings. The largest absolute Gasteiger partial charge is 0.375 e. The van der Waals surface area contributed by atoms with Gasteiger partial charge in [-0.3, -0.25) is 0 Å². The van der Waals surface area contributed by atoms with Crippen LogP contribution in [0, 0.1) is 24.1 Å². The molecule has 1 aromatic carbocycles. The smallest absolute Gasteiger partial charge is 0.152 e. The van der Waals surface area contributed by atoms with Crippen LogP contribution in [0.4, 0.5) is 10.1 Å². The lowest BCUT2D eigenvalue weighted by molar-refractivity contribution is 0.628. The Balaban J connectivity index is 2.11. The molecule has 5 nitrogen and oxygen atoms in total. The summed E-state index contributed by atoms with van der Waals surface area (Å²) in [7, 11) is 1.85. The summed E-state index contributed by atoms with van der Waals surface area (Å²) >= 11 is 0. The SMILES string of the molecule is Cc1nnc(CNc2ccc(C#N)cc2F)n1C. The van der Waals surface area contributed by atoms with Crippen molar-refractivity contribution in [2.24, 2.45) is 7.05 Å². The Morgan fingerprint density at radius 3 is 2.78 bits per heavy atom. The highest BCUT2D eigenvalue weighted by Gasteiger charge is 2.07. The number of nitrogens with zero attached hydrogens (tertiary/aromatic N) is 4. The maximum absolute atomic E-state index is 13.6. The van der Waals surface area contributed by atoms with Crippen LogP contribution in [0.15, 0.2) is 18.2 Å². The van der Waals surface area contributed by atoms with Gasteiger partial charge in [-0.25, -0.2) is 4.39 Å². The number of aromatic nitrogens is 3. The average molecular weight is 245 g/mol. The normalized spacial score (nSPS) is 10.1. The summed E-state index contributed by atoms with van der Waals surface area (Å²) in [5.74, 6) is 1.07. The molecule has 0 atom stereocenters. The molecule has 0 aliphatic rings. The molecule has 1 heterocycles. The highest BCUT2D eigenvalue weighted by atomic mass is 19.1. The van der Waals surface area contributed by atoms with Crippen molar-refractivity contribution in [1.82, 2.24) is 14.8 Å². The topological polar surface area (TPSA) is 66.5 Å². The van der Waals surface area contributed by atoms with Crippen LogP contribution in [0.1, 0.15) is 17.2 Å². The van der Waals surface area contributed by atoms with Crippen LogP contribution in [0.2, 0.25) is 0 Å². The van der Waals surface area contributed by atoms with Gasteiger partial charge in [-0.05, 0) is 25.1 Å². The standard InChI is InChI=1S/C12H12FN5/c1-8-16-17-12(18(8)2)7-15-11-4-3-9(6-14)5-10(11)13/h3-5,15H,7H2,1-2H3. The van der Waals surface area contributed by atoms with Gasteiger partial charge in [-0.1, -0.05) is 0 Å². The van der Waals surface area contributed by atoms with Gasteiger partial charge in [-0.2, -0.15) is 5.26 Å². The van der Waals surface area contributed by atoms with Crippen LogP contribution in [0.5, 0.6) is 0 Å². The van der Waals surface area contributed by atoms with Crippen molar-refractivity contribution in [2.45, 2.75) is 13.5 Å². The molecule has 0 aliphatic carbocycles. The fourth-order valence-electron chi connectivity index (χ4n) is 1.51. The van der Waals surface area contributed by atoms with Gasteiger partial charge in [0.25, 0.3) is 0 Å². The minimum atomic E-state index is -0.451. The van der Waals surface area contributed by atoms with E-state index < -0.39 is 5.82 Å². The molecule has 18 heavy (non-hydrogen) atoms. The first-order chi connectivity index (χ1) is 8.61. The predicted octanol–water partition coefficient (Wildman–Crippen LogP) is 1.75. The lowest BCUT2D eigenvalue weighted by atomic mass is 10.2. The summed E-state index contributed by atoms with van der Waals surface area (Å²) < 4.78 is 15.4. The van der Waals surface area contributed by atoms with Gasteiger partial charge < -0.3 is 9.88 Å². The molecule has 0 aliphatic heterocycles. The van der Waals surface area contributed by atoms with E-state index in [9.17, 15) is 4.39 Å². The molecule has 0 spiro atoms. The van der Waals surface area contributed by atoms with Crippen LogP contribution in [0.3, 0.4) is 0 Å². The molecule has 0 saturated heterocycles. The van der Waals surface area contributed by atoms with Crippen molar-refractivity contribution < 1.29 is 4.39 Å². The second-order valence-corrected chi connectivity index (χ2v) is 3.88. The number of rotatable bonds is 3. The van der Waals surface area contributed by atoms with E-state index in [1.165, 1.54) is 12.1 Å². The zero-order chi connectivity index (χ0) is 13.1. The fraction of sp³-hybridized carbons (Fsp3) is 0.250. The van der Waals surface area contributed by atoms with Crippen molar-refractivity contribution in [2.75, 3.05) is 5.32 Å². The third-order valence-corrected chi connectivity index (χ3v) is 2.72. The fourth-order valence-corrected chi connectivity index (χ4v) is 1.51. The maximum atomic E-state index is 13.6. The molecule has 2 rings (SSSR count). The maximum Gasteiger partial charge on any atom is 0.152 e. The number of nitriles is 1. The van der Waals surface area contributed by atoms with Gasteiger partial charge in [-0.15, -0.1) is 10.2 Å². The van der Waals surface area contributed by atoms with E-state index in [0.717, 1.165) is 11.6 Å². The molecule has 0 unspecified atom stereocenters. The number of halogens is 1. The van der Waals surface area contributed by atoms with E-state index in [1.807, 2.05) is 24.6 Å². The van der Waals surface area contributed by atoms with E-state index >= 15 is 0 Å². The minimum absolute atomic E-state index is 0.299. The van der Waals surface area contributed by atoms with Gasteiger partial charge in [0, 0.05) is 7.05 Å². The van der Waals surface area contributed by atoms with Crippen molar-refractivity contribution in [1.29, 1.82) is 5.26 Å². The second-order valence-electron chi connectivity index (χ2n) is 3.88. The molecular weight excluding hydrogens is 233 g/mol. The molecule has 1 aromatic heterocycles. The van der Waals surface area contributed by atoms with Crippen LogP contribution < -0.4 is 5.32 Å². The van der Waals surface area contributed by atoms with E-state index in [2.05, 4.69) is 15.5 Å². The highest BCUT2D eigenvalue weighted by molar-refractivity contribution is 5.48. The Bertz CT molecular complexity index is 611. The average Bonchev–Trinajstić information content (AvgIpc) is 2.68. The first-order valence-corrected chi connectivity index (χ1v) is 5.40. The van der Waals surface area contributed by atoms with Gasteiger partial charge in [0.15, 0.2) is 5.82 Å². The number of benzene rings is 1. The monoisotopic (exact) mass is 245 g/mol. The number of aryl methyl sites for hydroxylation is 1. The first-order valence-electron chi connectivity index (χ1n) is 5.40. The minimum Gasteiger partial charge on any atom is -0.375 e. The van der Waals surface area contributed by atoms with E-state index in [0.29, 0.717) is 17.8 Å². The Morgan fingerprint density at radius 2 is 2.22 bits per heavy atom. The summed E-state index contributed by atoms with van der Waals surface area (Å²) in [5, 5.41) is 19.5. The summed E-state index contributed by atoms with van der Waals surface area (Å²) in [6, 6.07) is 6.19. The molecule has 0 amide bonds. The Kier molecular flexibility index (Phi) is 3.24. The summed E-state index contributed by atoms with van der Waals surface area (Å²) in [4.78, 5) is 0. The third kappa shape index (κ3) is 2.30. The second kappa shape index (κ2) is 4.84. The van der Waals surface area contributed by atoms with Gasteiger partial charge in [0.1, 0.15) is 11.6 Å². The summed E-state index contributed by atoms with van der Waals surface area (Å²) in [6.45, 7) is 2.22. The van der Waals surface area contributed by atoms with Crippen LogP contribution in [0.25, 0.3) is 0 Å². The molecular formula is C12H12FN5. The quantitative estimate of drug-likeness (QED) is 0.894. The molecule has 0 radical (unpaired) electrons. The van der Waals surface area contributed by atoms with Crippen molar-refractivity contribution in [3.63, 3.8) is 0 Å². The number of hydrogen-bond acceptors (Lipinski definition) is 4. The van der Waals surface area contributed by atoms with E-state index in [4.69, 9.17) is 5.26 Å².